The topological polar surface area (TPSA) is 55.8 Å². The molecule has 0 aromatic heterocycles. The molecule has 0 atom stereocenters. The van der Waals surface area contributed by atoms with E-state index in [9.17, 15) is 9.59 Å². The van der Waals surface area contributed by atoms with Crippen LogP contribution in [0.25, 0.3) is 6.08 Å². The molecule has 31 heavy (non-hydrogen) atoms. The Hall–Kier alpha value is -3.22. The summed E-state index contributed by atoms with van der Waals surface area (Å²) in [6.07, 6.45) is 1.70. The number of amides is 2. The molecule has 2 amide bonds. The van der Waals surface area contributed by atoms with E-state index >= 15 is 0 Å². The second kappa shape index (κ2) is 9.73. The maximum atomic E-state index is 12.7. The standard InChI is InChI=1S/C24H18ClNO4S/c25-18-8-10-19(11-9-18)26-23(27)22(31-24(26)28)16-17-6-12-21(13-7-17)30-15-14-29-20-4-2-1-3-5-20/h1-13,16H,14-15H2/b22-16-. The van der Waals surface area contributed by atoms with Gasteiger partial charge in [-0.15, -0.1) is 0 Å². The van der Waals surface area contributed by atoms with E-state index in [1.807, 2.05) is 54.6 Å². The Balaban J connectivity index is 1.35. The molecule has 3 aromatic rings. The van der Waals surface area contributed by atoms with E-state index in [4.69, 9.17) is 21.1 Å². The average molecular weight is 452 g/mol. The zero-order valence-electron chi connectivity index (χ0n) is 16.4. The van der Waals surface area contributed by atoms with Crippen molar-refractivity contribution in [3.63, 3.8) is 0 Å². The van der Waals surface area contributed by atoms with Crippen LogP contribution in [-0.4, -0.2) is 24.4 Å². The molecule has 1 aliphatic heterocycles. The Morgan fingerprint density at radius 1 is 0.806 bits per heavy atom. The smallest absolute Gasteiger partial charge is 0.298 e. The molecular formula is C24H18ClNO4S. The summed E-state index contributed by atoms with van der Waals surface area (Å²) < 4.78 is 11.3. The highest BCUT2D eigenvalue weighted by atomic mass is 35.5. The van der Waals surface area contributed by atoms with Gasteiger partial charge in [0.05, 0.1) is 10.6 Å². The second-order valence-electron chi connectivity index (χ2n) is 6.57. The van der Waals surface area contributed by atoms with Crippen LogP contribution in [0.5, 0.6) is 11.5 Å². The van der Waals surface area contributed by atoms with Crippen LogP contribution in [0.3, 0.4) is 0 Å². The number of thioether (sulfide) groups is 1. The molecule has 1 heterocycles. The number of hydrogen-bond acceptors (Lipinski definition) is 5. The first-order chi connectivity index (χ1) is 15.1. The van der Waals surface area contributed by atoms with Crippen molar-refractivity contribution in [3.05, 3.63) is 94.4 Å². The zero-order valence-corrected chi connectivity index (χ0v) is 17.9. The first kappa shape index (κ1) is 21.0. The third-order valence-corrected chi connectivity index (χ3v) is 5.54. The Labute approximate surface area is 189 Å². The molecule has 7 heteroatoms. The van der Waals surface area contributed by atoms with E-state index in [0.717, 1.165) is 28.0 Å². The van der Waals surface area contributed by atoms with Gasteiger partial charge in [-0.05, 0) is 71.9 Å². The first-order valence-corrected chi connectivity index (χ1v) is 10.7. The van der Waals surface area contributed by atoms with E-state index < -0.39 is 0 Å². The van der Waals surface area contributed by atoms with Gasteiger partial charge in [0.25, 0.3) is 11.1 Å². The highest BCUT2D eigenvalue weighted by Gasteiger charge is 2.36. The lowest BCUT2D eigenvalue weighted by Crippen LogP contribution is -2.27. The van der Waals surface area contributed by atoms with E-state index in [2.05, 4.69) is 0 Å². The fraction of sp³-hybridized carbons (Fsp3) is 0.0833. The van der Waals surface area contributed by atoms with E-state index in [1.54, 1.807) is 30.3 Å². The minimum Gasteiger partial charge on any atom is -0.490 e. The molecule has 5 nitrogen and oxygen atoms in total. The molecule has 156 valence electrons. The number of carbonyl (C=O) groups is 2. The fourth-order valence-electron chi connectivity index (χ4n) is 2.93. The molecule has 1 aliphatic rings. The third-order valence-electron chi connectivity index (χ3n) is 4.42. The Morgan fingerprint density at radius 3 is 2.06 bits per heavy atom. The van der Waals surface area contributed by atoms with Gasteiger partial charge in [0.2, 0.25) is 0 Å². The molecule has 0 unspecified atom stereocenters. The first-order valence-electron chi connectivity index (χ1n) is 9.54. The Morgan fingerprint density at radius 2 is 1.42 bits per heavy atom. The van der Waals surface area contributed by atoms with Gasteiger partial charge in [0, 0.05) is 5.02 Å². The second-order valence-corrected chi connectivity index (χ2v) is 8.00. The summed E-state index contributed by atoms with van der Waals surface area (Å²) in [7, 11) is 0. The highest BCUT2D eigenvalue weighted by molar-refractivity contribution is 8.19. The summed E-state index contributed by atoms with van der Waals surface area (Å²) in [6.45, 7) is 0.845. The van der Waals surface area contributed by atoms with Crippen molar-refractivity contribution >= 4 is 46.3 Å². The quantitative estimate of drug-likeness (QED) is 0.324. The summed E-state index contributed by atoms with van der Waals surface area (Å²) in [4.78, 5) is 26.6. The zero-order chi connectivity index (χ0) is 21.6. The molecule has 0 N–H and O–H groups in total. The van der Waals surface area contributed by atoms with E-state index in [-0.39, 0.29) is 11.1 Å². The number of halogens is 1. The van der Waals surface area contributed by atoms with Gasteiger partial charge in [0.1, 0.15) is 24.7 Å². The predicted octanol–water partition coefficient (Wildman–Crippen LogP) is 6.04. The monoisotopic (exact) mass is 451 g/mol. The van der Waals surface area contributed by atoms with E-state index in [1.165, 1.54) is 0 Å². The van der Waals surface area contributed by atoms with Crippen LogP contribution in [0.4, 0.5) is 10.5 Å². The van der Waals surface area contributed by atoms with E-state index in [0.29, 0.717) is 34.6 Å². The molecule has 0 radical (unpaired) electrons. The summed E-state index contributed by atoms with van der Waals surface area (Å²) in [5, 5.41) is 0.206. The SMILES string of the molecule is O=C1S/C(=C\c2ccc(OCCOc3ccccc3)cc2)C(=O)N1c1ccc(Cl)cc1. The third kappa shape index (κ3) is 5.29. The van der Waals surface area contributed by atoms with Crippen LogP contribution in [0.15, 0.2) is 83.8 Å². The van der Waals surface area contributed by atoms with Gasteiger partial charge in [0.15, 0.2) is 0 Å². The van der Waals surface area contributed by atoms with Gasteiger partial charge in [-0.25, -0.2) is 4.90 Å². The molecule has 3 aromatic carbocycles. The number of para-hydroxylation sites is 1. The number of hydrogen-bond donors (Lipinski definition) is 0. The van der Waals surface area contributed by atoms with Gasteiger partial charge >= 0.3 is 0 Å². The molecule has 0 spiro atoms. The number of anilines is 1. The van der Waals surface area contributed by atoms with Crippen molar-refractivity contribution in [1.82, 2.24) is 0 Å². The lowest BCUT2D eigenvalue weighted by molar-refractivity contribution is -0.113. The number of carbonyl (C=O) groups excluding carboxylic acids is 2. The van der Waals surface area contributed by atoms with Crippen LogP contribution in [0.2, 0.25) is 5.02 Å². The number of ether oxygens (including phenoxy) is 2. The van der Waals surface area contributed by atoms with Crippen LogP contribution in [-0.2, 0) is 4.79 Å². The molecule has 0 saturated carbocycles. The van der Waals surface area contributed by atoms with Crippen molar-refractivity contribution in [3.8, 4) is 11.5 Å². The normalized spacial score (nSPS) is 14.9. The largest absolute Gasteiger partial charge is 0.490 e. The van der Waals surface area contributed by atoms with Crippen molar-refractivity contribution < 1.29 is 19.1 Å². The average Bonchev–Trinajstić information content (AvgIpc) is 3.06. The van der Waals surface area contributed by atoms with Crippen LogP contribution >= 0.6 is 23.4 Å². The number of imide groups is 1. The highest BCUT2D eigenvalue weighted by Crippen LogP contribution is 2.36. The molecule has 1 saturated heterocycles. The molecule has 1 fully saturated rings. The van der Waals surface area contributed by atoms with Gasteiger partial charge in [-0.3, -0.25) is 9.59 Å². The Kier molecular flexibility index (Phi) is 6.60. The lowest BCUT2D eigenvalue weighted by atomic mass is 10.2. The maximum absolute atomic E-state index is 12.7. The minimum absolute atomic E-state index is 0.336. The minimum atomic E-state index is -0.351. The van der Waals surface area contributed by atoms with Gasteiger partial charge in [-0.2, -0.15) is 0 Å². The molecule has 0 bridgehead atoms. The Bertz CT molecular complexity index is 1100. The number of benzene rings is 3. The van der Waals surface area contributed by atoms with Crippen molar-refractivity contribution in [2.24, 2.45) is 0 Å². The molecule has 4 rings (SSSR count). The number of rotatable bonds is 7. The molecule has 0 aliphatic carbocycles. The fourth-order valence-corrected chi connectivity index (χ4v) is 3.90. The van der Waals surface area contributed by atoms with Crippen LogP contribution in [0, 0.1) is 0 Å². The predicted molar refractivity (Wildman–Crippen MR) is 124 cm³/mol. The number of nitrogens with zero attached hydrogens (tertiary/aromatic N) is 1. The maximum Gasteiger partial charge on any atom is 0.298 e. The van der Waals surface area contributed by atoms with Crippen molar-refractivity contribution in [1.29, 1.82) is 0 Å². The summed E-state index contributed by atoms with van der Waals surface area (Å²) >= 11 is 6.80. The molecular weight excluding hydrogens is 434 g/mol. The van der Waals surface area contributed by atoms with Crippen molar-refractivity contribution in [2.45, 2.75) is 0 Å². The van der Waals surface area contributed by atoms with Gasteiger partial charge < -0.3 is 9.47 Å². The van der Waals surface area contributed by atoms with Crippen LogP contribution in [0.1, 0.15) is 5.56 Å². The summed E-state index contributed by atoms with van der Waals surface area (Å²) in [5.74, 6) is 1.15. The summed E-state index contributed by atoms with van der Waals surface area (Å²) in [6, 6.07) is 23.4. The van der Waals surface area contributed by atoms with Crippen LogP contribution < -0.4 is 14.4 Å². The lowest BCUT2D eigenvalue weighted by Gasteiger charge is -2.12. The van der Waals surface area contributed by atoms with Crippen molar-refractivity contribution in [2.75, 3.05) is 18.1 Å². The van der Waals surface area contributed by atoms with Gasteiger partial charge in [-0.1, -0.05) is 41.9 Å². The summed E-state index contributed by atoms with van der Waals surface area (Å²) in [5.41, 5.74) is 1.30.